The molecular weight excluding hydrogens is 284 g/mol. The van der Waals surface area contributed by atoms with Gasteiger partial charge in [0.05, 0.1) is 18.7 Å². The van der Waals surface area contributed by atoms with Crippen molar-refractivity contribution in [1.82, 2.24) is 10.3 Å². The third kappa shape index (κ3) is 4.42. The van der Waals surface area contributed by atoms with E-state index in [2.05, 4.69) is 22.1 Å². The van der Waals surface area contributed by atoms with Gasteiger partial charge in [-0.05, 0) is 30.0 Å². The summed E-state index contributed by atoms with van der Waals surface area (Å²) in [6, 6.07) is 3.73. The van der Waals surface area contributed by atoms with E-state index in [1.54, 1.807) is 29.8 Å². The maximum Gasteiger partial charge on any atom is 0.253 e. The minimum Gasteiger partial charge on any atom is -0.395 e. The van der Waals surface area contributed by atoms with Crippen molar-refractivity contribution >= 4 is 17.2 Å². The molecule has 0 aromatic carbocycles. The first-order chi connectivity index (χ1) is 10.2. The number of aromatic nitrogens is 1. The van der Waals surface area contributed by atoms with E-state index in [0.29, 0.717) is 18.5 Å². The maximum absolute atomic E-state index is 12.0. The lowest BCUT2D eigenvalue weighted by atomic mass is 10.2. The number of rotatable bonds is 4. The van der Waals surface area contributed by atoms with Gasteiger partial charge in [0.1, 0.15) is 0 Å². The monoisotopic (exact) mass is 300 g/mol. The van der Waals surface area contributed by atoms with Gasteiger partial charge in [-0.2, -0.15) is 0 Å². The Morgan fingerprint density at radius 2 is 2.33 bits per heavy atom. The van der Waals surface area contributed by atoms with Crippen LogP contribution < -0.4 is 5.32 Å². The quantitative estimate of drug-likeness (QED) is 0.850. The molecule has 5 heteroatoms. The Morgan fingerprint density at radius 3 is 3.10 bits per heavy atom. The van der Waals surface area contributed by atoms with Gasteiger partial charge in [0.15, 0.2) is 0 Å². The molecule has 2 heterocycles. The van der Waals surface area contributed by atoms with Crippen LogP contribution in [0.15, 0.2) is 29.9 Å². The molecule has 0 fully saturated rings. The van der Waals surface area contributed by atoms with Gasteiger partial charge in [0.2, 0.25) is 0 Å². The second-order valence-electron chi connectivity index (χ2n) is 4.47. The molecule has 21 heavy (non-hydrogen) atoms. The van der Waals surface area contributed by atoms with E-state index in [0.717, 1.165) is 16.0 Å². The van der Waals surface area contributed by atoms with Crippen LogP contribution in [0, 0.1) is 18.8 Å². The summed E-state index contributed by atoms with van der Waals surface area (Å²) < 4.78 is 0. The Labute approximate surface area is 127 Å². The van der Waals surface area contributed by atoms with Gasteiger partial charge in [-0.3, -0.25) is 9.78 Å². The molecule has 0 aliphatic heterocycles. The molecule has 2 aromatic rings. The molecular formula is C16H16N2O2S. The minimum absolute atomic E-state index is 0.0591. The molecule has 0 aliphatic rings. The second-order valence-corrected chi connectivity index (χ2v) is 5.47. The standard InChI is InChI=1S/C16H16N2O2S/c1-12-8-14(10-17-9-12)16(20)18-11-15-13(5-7-21-15)4-2-3-6-19/h5,7-10,19H,3,6,11H2,1H3,(H,18,20). The summed E-state index contributed by atoms with van der Waals surface area (Å²) in [6.07, 6.45) is 3.72. The molecule has 2 aromatic heterocycles. The van der Waals surface area contributed by atoms with Crippen LogP contribution in [0.5, 0.6) is 0 Å². The van der Waals surface area contributed by atoms with Gasteiger partial charge in [0.25, 0.3) is 5.91 Å². The highest BCUT2D eigenvalue weighted by Gasteiger charge is 2.08. The van der Waals surface area contributed by atoms with Crippen LogP contribution in [-0.4, -0.2) is 22.6 Å². The smallest absolute Gasteiger partial charge is 0.253 e. The van der Waals surface area contributed by atoms with Crippen molar-refractivity contribution in [3.63, 3.8) is 0 Å². The lowest BCUT2D eigenvalue weighted by molar-refractivity contribution is 0.0951. The summed E-state index contributed by atoms with van der Waals surface area (Å²) in [5, 5.41) is 13.5. The number of nitrogens with one attached hydrogen (secondary N) is 1. The van der Waals surface area contributed by atoms with Gasteiger partial charge in [-0.15, -0.1) is 11.3 Å². The normalized spacial score (nSPS) is 9.81. The molecule has 0 aliphatic carbocycles. The number of aliphatic hydroxyl groups excluding tert-OH is 1. The minimum atomic E-state index is -0.145. The van der Waals surface area contributed by atoms with Gasteiger partial charge < -0.3 is 10.4 Å². The van der Waals surface area contributed by atoms with E-state index in [9.17, 15) is 4.79 Å². The van der Waals surface area contributed by atoms with E-state index in [1.165, 1.54) is 0 Å². The predicted molar refractivity (Wildman–Crippen MR) is 83.0 cm³/mol. The van der Waals surface area contributed by atoms with Crippen LogP contribution in [-0.2, 0) is 6.54 Å². The van der Waals surface area contributed by atoms with Gasteiger partial charge in [0, 0.05) is 29.3 Å². The Morgan fingerprint density at radius 1 is 1.48 bits per heavy atom. The highest BCUT2D eigenvalue weighted by molar-refractivity contribution is 7.10. The molecule has 4 nitrogen and oxygen atoms in total. The van der Waals surface area contributed by atoms with E-state index < -0.39 is 0 Å². The zero-order valence-corrected chi connectivity index (χ0v) is 12.5. The average molecular weight is 300 g/mol. The van der Waals surface area contributed by atoms with Crippen molar-refractivity contribution in [2.24, 2.45) is 0 Å². The highest BCUT2D eigenvalue weighted by atomic mass is 32.1. The molecule has 0 saturated carbocycles. The van der Waals surface area contributed by atoms with Gasteiger partial charge in [-0.1, -0.05) is 11.8 Å². The molecule has 0 bridgehead atoms. The fourth-order valence-electron chi connectivity index (χ4n) is 1.74. The number of carbonyl (C=O) groups excluding carboxylic acids is 1. The van der Waals surface area contributed by atoms with Crippen LogP contribution in [0.4, 0.5) is 0 Å². The molecule has 1 amide bonds. The molecule has 0 spiro atoms. The number of thiophene rings is 1. The number of aryl methyl sites for hydroxylation is 1. The Balaban J connectivity index is 1.99. The number of nitrogens with zero attached hydrogens (tertiary/aromatic N) is 1. The molecule has 2 N–H and O–H groups in total. The number of pyridine rings is 1. The topological polar surface area (TPSA) is 62.2 Å². The second kappa shape index (κ2) is 7.58. The number of hydrogen-bond acceptors (Lipinski definition) is 4. The number of carbonyl (C=O) groups is 1. The lowest BCUT2D eigenvalue weighted by Crippen LogP contribution is -2.22. The Hall–Kier alpha value is -2.16. The number of aliphatic hydroxyl groups is 1. The van der Waals surface area contributed by atoms with E-state index >= 15 is 0 Å². The first-order valence-electron chi connectivity index (χ1n) is 6.56. The van der Waals surface area contributed by atoms with Crippen LogP contribution in [0.1, 0.15) is 32.8 Å². The molecule has 108 valence electrons. The first kappa shape index (κ1) is 15.2. The first-order valence-corrected chi connectivity index (χ1v) is 7.44. The van der Waals surface area contributed by atoms with E-state index in [1.807, 2.05) is 18.4 Å². The van der Waals surface area contributed by atoms with E-state index in [-0.39, 0.29) is 12.5 Å². The number of hydrogen-bond donors (Lipinski definition) is 2. The fraction of sp³-hybridized carbons (Fsp3) is 0.250. The highest BCUT2D eigenvalue weighted by Crippen LogP contribution is 2.15. The summed E-state index contributed by atoms with van der Waals surface area (Å²) in [5.41, 5.74) is 2.41. The predicted octanol–water partition coefficient (Wildman–Crippen LogP) is 2.12. The van der Waals surface area contributed by atoms with Crippen LogP contribution in [0.3, 0.4) is 0 Å². The summed E-state index contributed by atoms with van der Waals surface area (Å²) in [6.45, 7) is 2.40. The third-order valence-electron chi connectivity index (χ3n) is 2.75. The summed E-state index contributed by atoms with van der Waals surface area (Å²) in [7, 11) is 0. The average Bonchev–Trinajstić information content (AvgIpc) is 2.92. The Bertz CT molecular complexity index is 683. The van der Waals surface area contributed by atoms with Crippen molar-refractivity contribution < 1.29 is 9.90 Å². The van der Waals surface area contributed by atoms with Crippen molar-refractivity contribution in [2.75, 3.05) is 6.61 Å². The van der Waals surface area contributed by atoms with Crippen molar-refractivity contribution in [3.05, 3.63) is 51.5 Å². The summed E-state index contributed by atoms with van der Waals surface area (Å²) in [4.78, 5) is 17.1. The summed E-state index contributed by atoms with van der Waals surface area (Å²) in [5.74, 6) is 5.75. The van der Waals surface area contributed by atoms with Crippen molar-refractivity contribution in [1.29, 1.82) is 0 Å². The van der Waals surface area contributed by atoms with Gasteiger partial charge >= 0.3 is 0 Å². The van der Waals surface area contributed by atoms with Crippen LogP contribution in [0.25, 0.3) is 0 Å². The van der Waals surface area contributed by atoms with Crippen LogP contribution >= 0.6 is 11.3 Å². The largest absolute Gasteiger partial charge is 0.395 e. The lowest BCUT2D eigenvalue weighted by Gasteiger charge is -2.04. The number of amides is 1. The maximum atomic E-state index is 12.0. The molecule has 0 atom stereocenters. The fourth-order valence-corrected chi connectivity index (χ4v) is 2.51. The van der Waals surface area contributed by atoms with Crippen LogP contribution in [0.2, 0.25) is 0 Å². The third-order valence-corrected chi connectivity index (χ3v) is 3.67. The van der Waals surface area contributed by atoms with Crippen molar-refractivity contribution in [2.45, 2.75) is 19.9 Å². The summed E-state index contributed by atoms with van der Waals surface area (Å²) >= 11 is 1.55. The Kier molecular flexibility index (Phi) is 5.50. The van der Waals surface area contributed by atoms with Gasteiger partial charge in [-0.25, -0.2) is 0 Å². The molecule has 2 rings (SSSR count). The van der Waals surface area contributed by atoms with Crippen molar-refractivity contribution in [3.8, 4) is 11.8 Å². The van der Waals surface area contributed by atoms with E-state index in [4.69, 9.17) is 5.11 Å². The zero-order chi connectivity index (χ0) is 15.1. The molecule has 0 unspecified atom stereocenters. The molecule has 0 saturated heterocycles. The molecule has 0 radical (unpaired) electrons. The SMILES string of the molecule is Cc1cncc(C(=O)NCc2sccc2C#CCCO)c1. The zero-order valence-electron chi connectivity index (χ0n) is 11.7.